The molecule has 1 N–H and O–H groups in total. The van der Waals surface area contributed by atoms with Gasteiger partial charge in [-0.25, -0.2) is 9.78 Å². The van der Waals surface area contributed by atoms with Crippen LogP contribution in [0.5, 0.6) is 5.75 Å². The number of hydrogen-bond donors (Lipinski definition) is 1. The van der Waals surface area contributed by atoms with Crippen LogP contribution < -0.4 is 4.74 Å². The molecule has 0 saturated carbocycles. The summed E-state index contributed by atoms with van der Waals surface area (Å²) in [7, 11) is 0. The van der Waals surface area contributed by atoms with Crippen molar-refractivity contribution in [1.29, 1.82) is 0 Å². The average molecular weight is 458 g/mol. The Balaban J connectivity index is 1.42. The van der Waals surface area contributed by atoms with Gasteiger partial charge in [0.1, 0.15) is 17.0 Å². The standard InChI is InChI=1S/C28H27NO5/c1-15-7-10-24(32-14-17-11-18-8-9-19(12-17)33-18)25-21(28(30)31)13-22(29-26(15)25)27-16(2)20-5-3-4-6-23(20)34-27/h3-7,10,13,17-19H,8-9,11-12,14H2,1-2H3,(H,30,31)/t17-,18-,19+. The summed E-state index contributed by atoms with van der Waals surface area (Å²) in [5.74, 6) is 0.564. The topological polar surface area (TPSA) is 81.8 Å². The molecule has 4 heterocycles. The Labute approximate surface area is 197 Å². The van der Waals surface area contributed by atoms with E-state index in [1.165, 1.54) is 0 Å². The van der Waals surface area contributed by atoms with Gasteiger partial charge in [-0.2, -0.15) is 0 Å². The highest BCUT2D eigenvalue weighted by Crippen LogP contribution is 2.39. The van der Waals surface area contributed by atoms with Crippen molar-refractivity contribution < 1.29 is 23.8 Å². The van der Waals surface area contributed by atoms with E-state index in [4.69, 9.17) is 18.9 Å². The molecule has 0 spiro atoms. The maximum absolute atomic E-state index is 12.4. The van der Waals surface area contributed by atoms with E-state index in [1.807, 2.05) is 50.2 Å². The van der Waals surface area contributed by atoms with E-state index in [9.17, 15) is 9.90 Å². The number of carbonyl (C=O) groups is 1. The van der Waals surface area contributed by atoms with E-state index >= 15 is 0 Å². The molecule has 174 valence electrons. The Hall–Kier alpha value is -3.38. The number of para-hydroxylation sites is 1. The molecule has 0 aliphatic carbocycles. The van der Waals surface area contributed by atoms with Crippen LogP contribution in [0.3, 0.4) is 0 Å². The van der Waals surface area contributed by atoms with E-state index in [1.54, 1.807) is 6.07 Å². The molecule has 2 aliphatic rings. The number of furan rings is 1. The molecular formula is C28H27NO5. The number of fused-ring (bicyclic) bond motifs is 4. The average Bonchev–Trinajstić information content (AvgIpc) is 3.36. The van der Waals surface area contributed by atoms with Crippen molar-refractivity contribution in [3.63, 3.8) is 0 Å². The van der Waals surface area contributed by atoms with Gasteiger partial charge < -0.3 is 19.0 Å². The van der Waals surface area contributed by atoms with Gasteiger partial charge in [-0.15, -0.1) is 0 Å². The highest BCUT2D eigenvalue weighted by Gasteiger charge is 2.35. The van der Waals surface area contributed by atoms with E-state index < -0.39 is 5.97 Å². The molecule has 6 nitrogen and oxygen atoms in total. The van der Waals surface area contributed by atoms with Gasteiger partial charge in [0, 0.05) is 10.9 Å². The zero-order valence-electron chi connectivity index (χ0n) is 19.3. The van der Waals surface area contributed by atoms with Crippen molar-refractivity contribution in [3.05, 3.63) is 59.2 Å². The molecule has 2 saturated heterocycles. The minimum Gasteiger partial charge on any atom is -0.493 e. The molecule has 34 heavy (non-hydrogen) atoms. The Morgan fingerprint density at radius 1 is 1.12 bits per heavy atom. The molecule has 2 fully saturated rings. The number of ether oxygens (including phenoxy) is 2. The number of carboxylic acids is 1. The molecule has 4 aromatic rings. The summed E-state index contributed by atoms with van der Waals surface area (Å²) in [5, 5.41) is 11.7. The summed E-state index contributed by atoms with van der Waals surface area (Å²) in [6.07, 6.45) is 4.94. The van der Waals surface area contributed by atoms with Gasteiger partial charge >= 0.3 is 5.97 Å². The van der Waals surface area contributed by atoms with Crippen LogP contribution in [0.25, 0.3) is 33.3 Å². The number of rotatable bonds is 5. The van der Waals surface area contributed by atoms with Gasteiger partial charge in [0.25, 0.3) is 0 Å². The predicted octanol–water partition coefficient (Wildman–Crippen LogP) is 6.30. The third-order valence-electron chi connectivity index (χ3n) is 7.29. The van der Waals surface area contributed by atoms with Crippen molar-refractivity contribution in [2.75, 3.05) is 6.61 Å². The number of benzene rings is 2. The van der Waals surface area contributed by atoms with Gasteiger partial charge in [-0.05, 0) is 69.2 Å². The van der Waals surface area contributed by atoms with Gasteiger partial charge in [0.2, 0.25) is 0 Å². The molecule has 6 rings (SSSR count). The number of aromatic nitrogens is 1. The summed E-state index contributed by atoms with van der Waals surface area (Å²) in [5.41, 5.74) is 3.90. The number of aryl methyl sites for hydroxylation is 2. The Morgan fingerprint density at radius 3 is 2.62 bits per heavy atom. The lowest BCUT2D eigenvalue weighted by Crippen LogP contribution is -2.28. The second kappa shape index (κ2) is 8.13. The van der Waals surface area contributed by atoms with Crippen molar-refractivity contribution in [2.24, 2.45) is 5.92 Å². The molecule has 0 radical (unpaired) electrons. The summed E-state index contributed by atoms with van der Waals surface area (Å²) in [4.78, 5) is 17.3. The van der Waals surface area contributed by atoms with E-state index in [0.717, 1.165) is 47.8 Å². The largest absolute Gasteiger partial charge is 0.493 e. The number of nitrogens with zero attached hydrogens (tertiary/aromatic N) is 1. The van der Waals surface area contributed by atoms with Crippen molar-refractivity contribution >= 4 is 27.8 Å². The van der Waals surface area contributed by atoms with Crippen LogP contribution in [0.1, 0.15) is 47.2 Å². The second-order valence-electron chi connectivity index (χ2n) is 9.62. The van der Waals surface area contributed by atoms with Crippen molar-refractivity contribution in [2.45, 2.75) is 51.7 Å². The van der Waals surface area contributed by atoms with Crippen molar-refractivity contribution in [3.8, 4) is 17.2 Å². The smallest absolute Gasteiger partial charge is 0.336 e. The molecule has 0 amide bonds. The highest BCUT2D eigenvalue weighted by atomic mass is 16.5. The van der Waals surface area contributed by atoms with E-state index in [0.29, 0.717) is 52.8 Å². The van der Waals surface area contributed by atoms with Crippen LogP contribution in [0.4, 0.5) is 0 Å². The van der Waals surface area contributed by atoms with Crippen LogP contribution in [0, 0.1) is 19.8 Å². The third kappa shape index (κ3) is 3.53. The molecule has 2 aromatic heterocycles. The summed E-state index contributed by atoms with van der Waals surface area (Å²) in [6, 6.07) is 13.2. The molecule has 0 unspecified atom stereocenters. The van der Waals surface area contributed by atoms with Crippen LogP contribution >= 0.6 is 0 Å². The lowest BCUT2D eigenvalue weighted by molar-refractivity contribution is -0.0282. The number of carboxylic acid groups (broad SMARTS) is 1. The van der Waals surface area contributed by atoms with E-state index in [-0.39, 0.29) is 5.56 Å². The first-order valence-electron chi connectivity index (χ1n) is 11.9. The Bertz CT molecular complexity index is 1410. The fourth-order valence-electron chi connectivity index (χ4n) is 5.58. The fraction of sp³-hybridized carbons (Fsp3) is 0.357. The lowest BCUT2D eigenvalue weighted by atomic mass is 9.96. The maximum atomic E-state index is 12.4. The summed E-state index contributed by atoms with van der Waals surface area (Å²) >= 11 is 0. The van der Waals surface area contributed by atoms with Crippen LogP contribution in [0.2, 0.25) is 0 Å². The first-order valence-corrected chi connectivity index (χ1v) is 11.9. The van der Waals surface area contributed by atoms with Crippen LogP contribution in [0.15, 0.2) is 46.9 Å². The molecule has 2 aliphatic heterocycles. The van der Waals surface area contributed by atoms with Crippen LogP contribution in [-0.4, -0.2) is 34.9 Å². The lowest BCUT2D eigenvalue weighted by Gasteiger charge is -2.28. The third-order valence-corrected chi connectivity index (χ3v) is 7.29. The highest BCUT2D eigenvalue weighted by molar-refractivity contribution is 6.07. The zero-order chi connectivity index (χ0) is 23.4. The number of hydrogen-bond acceptors (Lipinski definition) is 5. The quantitative estimate of drug-likeness (QED) is 0.379. The molecule has 2 aromatic carbocycles. The molecule has 2 bridgehead atoms. The van der Waals surface area contributed by atoms with Gasteiger partial charge in [0.15, 0.2) is 5.76 Å². The minimum absolute atomic E-state index is 0.172. The number of pyridine rings is 1. The number of aromatic carboxylic acids is 1. The predicted molar refractivity (Wildman–Crippen MR) is 129 cm³/mol. The van der Waals surface area contributed by atoms with E-state index in [2.05, 4.69) is 0 Å². The van der Waals surface area contributed by atoms with Gasteiger partial charge in [-0.1, -0.05) is 24.3 Å². The molecule has 6 heteroatoms. The van der Waals surface area contributed by atoms with Gasteiger partial charge in [-0.3, -0.25) is 0 Å². The zero-order valence-corrected chi connectivity index (χ0v) is 19.3. The first kappa shape index (κ1) is 21.2. The normalized spacial score (nSPS) is 21.9. The molecule has 3 atom stereocenters. The second-order valence-corrected chi connectivity index (χ2v) is 9.62. The summed E-state index contributed by atoms with van der Waals surface area (Å²) in [6.45, 7) is 4.47. The summed E-state index contributed by atoms with van der Waals surface area (Å²) < 4.78 is 18.3. The minimum atomic E-state index is -1.01. The van der Waals surface area contributed by atoms with Gasteiger partial charge in [0.05, 0.1) is 35.3 Å². The van der Waals surface area contributed by atoms with Crippen molar-refractivity contribution in [1.82, 2.24) is 4.98 Å². The first-order chi connectivity index (χ1) is 16.5. The molecular weight excluding hydrogens is 430 g/mol. The Kier molecular flexibility index (Phi) is 5.06. The Morgan fingerprint density at radius 2 is 1.88 bits per heavy atom. The monoisotopic (exact) mass is 457 g/mol. The SMILES string of the molecule is Cc1c(-c2cc(C(=O)O)c3c(OC[C@@H]4C[C@H]5CC[C@@H](C4)O5)ccc(C)c3n2)oc2ccccc12. The fourth-order valence-corrected chi connectivity index (χ4v) is 5.58. The maximum Gasteiger partial charge on any atom is 0.336 e. The van der Waals surface area contributed by atoms with Crippen LogP contribution in [-0.2, 0) is 4.74 Å².